The number of carbonyl (C=O) groups is 1. The molecule has 2 saturated heterocycles. The van der Waals surface area contributed by atoms with Gasteiger partial charge in [-0.05, 0) is 25.2 Å². The molecule has 22 heavy (non-hydrogen) atoms. The summed E-state index contributed by atoms with van der Waals surface area (Å²) in [4.78, 5) is 14.8. The average molecular weight is 310 g/mol. The number of carbonyl (C=O) groups excluding carboxylic acids is 1. The van der Waals surface area contributed by atoms with Gasteiger partial charge in [0.2, 0.25) is 5.91 Å². The van der Waals surface area contributed by atoms with Gasteiger partial charge in [0.25, 0.3) is 0 Å². The predicted molar refractivity (Wildman–Crippen MR) is 84.8 cm³/mol. The standard InChI is InChI=1S/C17H30N2O3/c20-16(12-15-4-9-22-13-15)18-14-17(5-2-1-3-6-17)19-7-10-21-11-8-19/h15H,1-14H2,(H,18,20)/t15-/m1/s1. The van der Waals surface area contributed by atoms with Gasteiger partial charge in [-0.15, -0.1) is 0 Å². The van der Waals surface area contributed by atoms with Crippen LogP contribution in [0.25, 0.3) is 0 Å². The molecule has 2 heterocycles. The van der Waals surface area contributed by atoms with Crippen molar-refractivity contribution in [1.29, 1.82) is 0 Å². The number of nitrogens with one attached hydrogen (secondary N) is 1. The van der Waals surface area contributed by atoms with Gasteiger partial charge in [0.15, 0.2) is 0 Å². The second kappa shape index (κ2) is 7.75. The molecule has 126 valence electrons. The molecule has 0 aromatic heterocycles. The normalized spacial score (nSPS) is 29.4. The van der Waals surface area contributed by atoms with E-state index in [1.165, 1.54) is 32.1 Å². The van der Waals surface area contributed by atoms with Crippen LogP contribution in [0, 0.1) is 5.92 Å². The number of rotatable bonds is 5. The highest BCUT2D eigenvalue weighted by molar-refractivity contribution is 5.76. The summed E-state index contributed by atoms with van der Waals surface area (Å²) in [5.41, 5.74) is 0.171. The van der Waals surface area contributed by atoms with Gasteiger partial charge >= 0.3 is 0 Å². The quantitative estimate of drug-likeness (QED) is 0.837. The van der Waals surface area contributed by atoms with Crippen molar-refractivity contribution in [3.05, 3.63) is 0 Å². The van der Waals surface area contributed by atoms with Gasteiger partial charge in [0.1, 0.15) is 0 Å². The molecule has 1 aliphatic carbocycles. The fraction of sp³-hybridized carbons (Fsp3) is 0.941. The monoisotopic (exact) mass is 310 g/mol. The van der Waals surface area contributed by atoms with Crippen molar-refractivity contribution in [2.24, 2.45) is 5.92 Å². The summed E-state index contributed by atoms with van der Waals surface area (Å²) in [6, 6.07) is 0. The third-order valence-electron chi connectivity index (χ3n) is 5.58. The van der Waals surface area contributed by atoms with Crippen LogP contribution in [0.15, 0.2) is 0 Å². The smallest absolute Gasteiger partial charge is 0.220 e. The molecule has 1 amide bonds. The van der Waals surface area contributed by atoms with E-state index in [0.29, 0.717) is 12.3 Å². The minimum atomic E-state index is 0.171. The Kier molecular flexibility index (Phi) is 5.71. The topological polar surface area (TPSA) is 50.8 Å². The van der Waals surface area contributed by atoms with Crippen LogP contribution < -0.4 is 5.32 Å². The molecule has 3 fully saturated rings. The molecule has 1 N–H and O–H groups in total. The van der Waals surface area contributed by atoms with E-state index in [0.717, 1.165) is 52.5 Å². The number of hydrogen-bond donors (Lipinski definition) is 1. The first kappa shape index (κ1) is 16.2. The lowest BCUT2D eigenvalue weighted by Gasteiger charge is -2.48. The van der Waals surface area contributed by atoms with Gasteiger partial charge < -0.3 is 14.8 Å². The van der Waals surface area contributed by atoms with Crippen LogP contribution >= 0.6 is 0 Å². The van der Waals surface area contributed by atoms with Crippen molar-refractivity contribution < 1.29 is 14.3 Å². The van der Waals surface area contributed by atoms with Gasteiger partial charge in [-0.3, -0.25) is 9.69 Å². The molecule has 0 unspecified atom stereocenters. The maximum atomic E-state index is 12.3. The first-order valence-corrected chi connectivity index (χ1v) is 8.96. The van der Waals surface area contributed by atoms with Gasteiger partial charge in [-0.1, -0.05) is 19.3 Å². The second-order valence-corrected chi connectivity index (χ2v) is 7.09. The lowest BCUT2D eigenvalue weighted by Crippen LogP contribution is -2.59. The lowest BCUT2D eigenvalue weighted by molar-refractivity contribution is -0.123. The molecule has 3 aliphatic rings. The van der Waals surface area contributed by atoms with E-state index < -0.39 is 0 Å². The maximum absolute atomic E-state index is 12.3. The number of ether oxygens (including phenoxy) is 2. The minimum Gasteiger partial charge on any atom is -0.381 e. The summed E-state index contributed by atoms with van der Waals surface area (Å²) in [6.45, 7) is 6.04. The van der Waals surface area contributed by atoms with Crippen LogP contribution in [0.5, 0.6) is 0 Å². The zero-order valence-electron chi connectivity index (χ0n) is 13.6. The van der Waals surface area contributed by atoms with Crippen LogP contribution in [0.3, 0.4) is 0 Å². The van der Waals surface area contributed by atoms with E-state index in [1.807, 2.05) is 0 Å². The molecule has 5 heteroatoms. The third-order valence-corrected chi connectivity index (χ3v) is 5.58. The predicted octanol–water partition coefficient (Wildman–Crippen LogP) is 1.56. The molecular formula is C17H30N2O3. The van der Waals surface area contributed by atoms with E-state index in [-0.39, 0.29) is 11.4 Å². The molecule has 1 atom stereocenters. The molecule has 0 bridgehead atoms. The summed E-state index contributed by atoms with van der Waals surface area (Å²) >= 11 is 0. The van der Waals surface area contributed by atoms with Crippen LogP contribution in [0.1, 0.15) is 44.9 Å². The maximum Gasteiger partial charge on any atom is 0.220 e. The fourth-order valence-electron chi connectivity index (χ4n) is 4.19. The largest absolute Gasteiger partial charge is 0.381 e. The molecule has 0 aromatic rings. The molecule has 3 rings (SSSR count). The number of morpholine rings is 1. The molecule has 5 nitrogen and oxygen atoms in total. The second-order valence-electron chi connectivity index (χ2n) is 7.09. The average Bonchev–Trinajstić information content (AvgIpc) is 3.08. The number of amides is 1. The Balaban J connectivity index is 1.53. The van der Waals surface area contributed by atoms with Gasteiger partial charge in [-0.2, -0.15) is 0 Å². The molecule has 0 spiro atoms. The highest BCUT2D eigenvalue weighted by Gasteiger charge is 2.38. The van der Waals surface area contributed by atoms with E-state index in [1.54, 1.807) is 0 Å². The van der Waals surface area contributed by atoms with Crippen LogP contribution in [0.2, 0.25) is 0 Å². The van der Waals surface area contributed by atoms with Crippen molar-refractivity contribution in [2.75, 3.05) is 46.1 Å². The zero-order valence-corrected chi connectivity index (χ0v) is 13.6. The Morgan fingerprint density at radius 3 is 2.55 bits per heavy atom. The molecule has 1 saturated carbocycles. The highest BCUT2D eigenvalue weighted by Crippen LogP contribution is 2.34. The fourth-order valence-corrected chi connectivity index (χ4v) is 4.19. The Bertz CT molecular complexity index is 357. The van der Waals surface area contributed by atoms with Crippen LogP contribution in [-0.4, -0.2) is 62.4 Å². The Labute approximate surface area is 133 Å². The van der Waals surface area contributed by atoms with Gasteiger partial charge in [0.05, 0.1) is 13.2 Å². The Hall–Kier alpha value is -0.650. The summed E-state index contributed by atoms with van der Waals surface area (Å²) in [6.07, 6.45) is 7.97. The van der Waals surface area contributed by atoms with Crippen LogP contribution in [-0.2, 0) is 14.3 Å². The van der Waals surface area contributed by atoms with Gasteiger partial charge in [0, 0.05) is 44.8 Å². The van der Waals surface area contributed by atoms with Crippen molar-refractivity contribution in [3.8, 4) is 0 Å². The SMILES string of the molecule is O=C(C[C@H]1CCOC1)NCC1(N2CCOCC2)CCCCC1. The van der Waals surface area contributed by atoms with Gasteiger partial charge in [-0.25, -0.2) is 0 Å². The van der Waals surface area contributed by atoms with Crippen molar-refractivity contribution >= 4 is 5.91 Å². The number of hydrogen-bond acceptors (Lipinski definition) is 4. The molecule has 0 radical (unpaired) electrons. The lowest BCUT2D eigenvalue weighted by atomic mass is 9.79. The zero-order chi connectivity index (χ0) is 15.3. The van der Waals surface area contributed by atoms with Crippen molar-refractivity contribution in [2.45, 2.75) is 50.5 Å². The summed E-state index contributed by atoms with van der Waals surface area (Å²) in [5, 5.41) is 3.24. The summed E-state index contributed by atoms with van der Waals surface area (Å²) in [7, 11) is 0. The van der Waals surface area contributed by atoms with E-state index in [2.05, 4.69) is 10.2 Å². The van der Waals surface area contributed by atoms with Crippen LogP contribution in [0.4, 0.5) is 0 Å². The first-order valence-electron chi connectivity index (χ1n) is 8.96. The van der Waals surface area contributed by atoms with E-state index in [4.69, 9.17) is 9.47 Å². The molecular weight excluding hydrogens is 280 g/mol. The first-order chi connectivity index (χ1) is 10.8. The summed E-state index contributed by atoms with van der Waals surface area (Å²) < 4.78 is 10.9. The Morgan fingerprint density at radius 2 is 1.86 bits per heavy atom. The van der Waals surface area contributed by atoms with E-state index in [9.17, 15) is 4.79 Å². The summed E-state index contributed by atoms with van der Waals surface area (Å²) in [5.74, 6) is 0.624. The van der Waals surface area contributed by atoms with E-state index >= 15 is 0 Å². The minimum absolute atomic E-state index is 0.171. The molecule has 0 aromatic carbocycles. The Morgan fingerprint density at radius 1 is 1.09 bits per heavy atom. The third kappa shape index (κ3) is 4.00. The highest BCUT2D eigenvalue weighted by atomic mass is 16.5. The van der Waals surface area contributed by atoms with Crippen molar-refractivity contribution in [1.82, 2.24) is 10.2 Å². The molecule has 2 aliphatic heterocycles. The van der Waals surface area contributed by atoms with Crippen molar-refractivity contribution in [3.63, 3.8) is 0 Å². The number of nitrogens with zero attached hydrogens (tertiary/aromatic N) is 1.